The maximum Gasteiger partial charge on any atom is 0.310 e. The molecule has 2 heterocycles. The lowest BCUT2D eigenvalue weighted by molar-refractivity contribution is -0.142. The second-order valence-corrected chi connectivity index (χ2v) is 9.27. The fourth-order valence-electron chi connectivity index (χ4n) is 2.32. The van der Waals surface area contributed by atoms with Crippen LogP contribution in [0, 0.1) is 12.8 Å². The average Bonchev–Trinajstić information content (AvgIpc) is 2.99. The minimum absolute atomic E-state index is 0.0409. The SMILES string of the molecule is CCN(C1COCC1C(=O)O)S(=O)(=O)c1cc(C)c(Br)s1. The minimum atomic E-state index is -3.72. The molecule has 1 saturated heterocycles. The van der Waals surface area contributed by atoms with Gasteiger partial charge in [-0.1, -0.05) is 6.92 Å². The van der Waals surface area contributed by atoms with Crippen LogP contribution in [0.4, 0.5) is 0 Å². The zero-order chi connectivity index (χ0) is 15.8. The van der Waals surface area contributed by atoms with E-state index in [1.54, 1.807) is 13.0 Å². The summed E-state index contributed by atoms with van der Waals surface area (Å²) in [5.74, 6) is -1.86. The molecule has 0 saturated carbocycles. The standard InChI is InChI=1S/C12H16BrNO5S2/c1-3-14(9-6-19-5-8(9)12(15)16)21(17,18)10-4-7(2)11(13)20-10/h4,8-9H,3,5-6H2,1-2H3,(H,15,16). The molecule has 6 nitrogen and oxygen atoms in total. The van der Waals surface area contributed by atoms with Crippen LogP contribution in [-0.4, -0.2) is 49.6 Å². The number of sulfonamides is 1. The molecule has 0 aromatic carbocycles. The van der Waals surface area contributed by atoms with Crippen molar-refractivity contribution in [1.29, 1.82) is 0 Å². The van der Waals surface area contributed by atoms with Gasteiger partial charge in [0.15, 0.2) is 0 Å². The highest BCUT2D eigenvalue weighted by Gasteiger charge is 2.43. The van der Waals surface area contributed by atoms with Crippen molar-refractivity contribution < 1.29 is 23.1 Å². The molecule has 2 rings (SSSR count). The van der Waals surface area contributed by atoms with Crippen LogP contribution in [0.25, 0.3) is 0 Å². The Kier molecular flexibility index (Phi) is 5.09. The molecule has 1 aromatic heterocycles. The molecule has 0 spiro atoms. The molecule has 9 heteroatoms. The average molecular weight is 398 g/mol. The Hall–Kier alpha value is -0.480. The number of halogens is 1. The molecule has 1 fully saturated rings. The molecule has 21 heavy (non-hydrogen) atoms. The summed E-state index contributed by atoms with van der Waals surface area (Å²) in [7, 11) is -3.72. The Morgan fingerprint density at radius 1 is 1.57 bits per heavy atom. The maximum atomic E-state index is 12.8. The number of carbonyl (C=O) groups is 1. The number of nitrogens with zero attached hydrogens (tertiary/aromatic N) is 1. The van der Waals surface area contributed by atoms with Crippen molar-refractivity contribution in [2.75, 3.05) is 19.8 Å². The van der Waals surface area contributed by atoms with E-state index in [0.29, 0.717) is 0 Å². The van der Waals surface area contributed by atoms with Gasteiger partial charge in [0.25, 0.3) is 10.0 Å². The molecule has 1 aromatic rings. The van der Waals surface area contributed by atoms with Crippen molar-refractivity contribution in [2.45, 2.75) is 24.1 Å². The zero-order valence-electron chi connectivity index (χ0n) is 11.6. The molecule has 0 amide bonds. The van der Waals surface area contributed by atoms with Crippen LogP contribution in [0.3, 0.4) is 0 Å². The van der Waals surface area contributed by atoms with Gasteiger partial charge >= 0.3 is 5.97 Å². The summed E-state index contributed by atoms with van der Waals surface area (Å²) in [5, 5.41) is 9.21. The van der Waals surface area contributed by atoms with Gasteiger partial charge in [0.1, 0.15) is 4.21 Å². The number of rotatable bonds is 5. The molecule has 1 aliphatic heterocycles. The molecule has 118 valence electrons. The van der Waals surface area contributed by atoms with E-state index in [4.69, 9.17) is 4.74 Å². The predicted molar refractivity (Wildman–Crippen MR) is 82.1 cm³/mol. The zero-order valence-corrected chi connectivity index (χ0v) is 14.8. The van der Waals surface area contributed by atoms with Gasteiger partial charge in [0.2, 0.25) is 0 Å². The number of aliphatic carboxylic acids is 1. The molecular weight excluding hydrogens is 382 g/mol. The van der Waals surface area contributed by atoms with Crippen LogP contribution < -0.4 is 0 Å². The van der Waals surface area contributed by atoms with E-state index in [1.807, 2.05) is 6.92 Å². The van der Waals surface area contributed by atoms with Crippen molar-refractivity contribution >= 4 is 43.3 Å². The monoisotopic (exact) mass is 397 g/mol. The highest BCUT2D eigenvalue weighted by molar-refractivity contribution is 9.11. The van der Waals surface area contributed by atoms with E-state index >= 15 is 0 Å². The molecule has 0 aliphatic carbocycles. The number of thiophene rings is 1. The molecule has 1 aliphatic rings. The maximum absolute atomic E-state index is 12.8. The Balaban J connectivity index is 2.38. The number of ether oxygens (including phenoxy) is 1. The van der Waals surface area contributed by atoms with Crippen LogP contribution >= 0.6 is 27.3 Å². The first kappa shape index (κ1) is 16.9. The Morgan fingerprint density at radius 3 is 2.71 bits per heavy atom. The van der Waals surface area contributed by atoms with Crippen molar-refractivity contribution in [3.05, 3.63) is 15.4 Å². The van der Waals surface area contributed by atoms with Crippen molar-refractivity contribution in [1.82, 2.24) is 4.31 Å². The van der Waals surface area contributed by atoms with Crippen molar-refractivity contribution in [2.24, 2.45) is 5.92 Å². The van der Waals surface area contributed by atoms with Crippen LogP contribution in [0.1, 0.15) is 12.5 Å². The number of aryl methyl sites for hydroxylation is 1. The minimum Gasteiger partial charge on any atom is -0.481 e. The number of likely N-dealkylation sites (N-methyl/N-ethyl adjacent to an activating group) is 1. The summed E-state index contributed by atoms with van der Waals surface area (Å²) in [4.78, 5) is 11.2. The topological polar surface area (TPSA) is 83.9 Å². The van der Waals surface area contributed by atoms with Gasteiger partial charge in [-0.2, -0.15) is 4.31 Å². The fourth-order valence-corrected chi connectivity index (χ4v) is 6.33. The first-order valence-electron chi connectivity index (χ1n) is 6.37. The van der Waals surface area contributed by atoms with Gasteiger partial charge in [-0.25, -0.2) is 8.42 Å². The van der Waals surface area contributed by atoms with Gasteiger partial charge in [0, 0.05) is 6.54 Å². The van der Waals surface area contributed by atoms with Crippen LogP contribution in [-0.2, 0) is 19.6 Å². The summed E-state index contributed by atoms with van der Waals surface area (Å²) in [5.41, 5.74) is 0.840. The highest BCUT2D eigenvalue weighted by Crippen LogP contribution is 2.34. The Bertz CT molecular complexity index is 623. The van der Waals surface area contributed by atoms with Gasteiger partial charge in [-0.3, -0.25) is 4.79 Å². The second kappa shape index (κ2) is 6.33. The lowest BCUT2D eigenvalue weighted by Gasteiger charge is -2.27. The van der Waals surface area contributed by atoms with E-state index in [-0.39, 0.29) is 24.0 Å². The van der Waals surface area contributed by atoms with Crippen molar-refractivity contribution in [3.8, 4) is 0 Å². The highest BCUT2D eigenvalue weighted by atomic mass is 79.9. The van der Waals surface area contributed by atoms with E-state index in [0.717, 1.165) is 20.7 Å². The van der Waals surface area contributed by atoms with Gasteiger partial charge in [0.05, 0.1) is 29.0 Å². The molecular formula is C12H16BrNO5S2. The first-order valence-corrected chi connectivity index (χ1v) is 9.42. The first-order chi connectivity index (χ1) is 9.78. The van der Waals surface area contributed by atoms with Gasteiger partial charge in [-0.05, 0) is 34.5 Å². The Labute approximate surface area is 135 Å². The fraction of sp³-hybridized carbons (Fsp3) is 0.583. The molecule has 1 N–H and O–H groups in total. The normalized spacial score (nSPS) is 22.9. The third-order valence-corrected chi connectivity index (χ3v) is 8.03. The quantitative estimate of drug-likeness (QED) is 0.820. The van der Waals surface area contributed by atoms with E-state index in [9.17, 15) is 18.3 Å². The second-order valence-electron chi connectivity index (χ2n) is 4.78. The van der Waals surface area contributed by atoms with Gasteiger partial charge in [-0.15, -0.1) is 11.3 Å². The van der Waals surface area contributed by atoms with Crippen LogP contribution in [0.2, 0.25) is 0 Å². The number of hydrogen-bond donors (Lipinski definition) is 1. The van der Waals surface area contributed by atoms with Crippen LogP contribution in [0.5, 0.6) is 0 Å². The number of hydrogen-bond acceptors (Lipinski definition) is 5. The number of carboxylic acid groups (broad SMARTS) is 1. The summed E-state index contributed by atoms with van der Waals surface area (Å²) in [6.07, 6.45) is 0. The molecule has 2 unspecified atom stereocenters. The summed E-state index contributed by atoms with van der Waals surface area (Å²) < 4.78 is 32.9. The van der Waals surface area contributed by atoms with E-state index < -0.39 is 28.0 Å². The molecule has 0 bridgehead atoms. The third kappa shape index (κ3) is 3.16. The van der Waals surface area contributed by atoms with E-state index in [1.165, 1.54) is 4.31 Å². The molecule has 2 atom stereocenters. The lowest BCUT2D eigenvalue weighted by Crippen LogP contribution is -2.46. The van der Waals surface area contributed by atoms with Crippen molar-refractivity contribution in [3.63, 3.8) is 0 Å². The molecule has 0 radical (unpaired) electrons. The smallest absolute Gasteiger partial charge is 0.310 e. The Morgan fingerprint density at radius 2 is 2.24 bits per heavy atom. The summed E-state index contributed by atoms with van der Waals surface area (Å²) in [6.45, 7) is 3.86. The summed E-state index contributed by atoms with van der Waals surface area (Å²) in [6, 6.07) is 0.928. The summed E-state index contributed by atoms with van der Waals surface area (Å²) >= 11 is 4.45. The van der Waals surface area contributed by atoms with E-state index in [2.05, 4.69) is 15.9 Å². The van der Waals surface area contributed by atoms with Gasteiger partial charge < -0.3 is 9.84 Å². The third-order valence-electron chi connectivity index (χ3n) is 3.45. The largest absolute Gasteiger partial charge is 0.481 e. The predicted octanol–water partition coefficient (Wildman–Crippen LogP) is 1.93. The lowest BCUT2D eigenvalue weighted by atomic mass is 10.0. The van der Waals surface area contributed by atoms with Crippen LogP contribution in [0.15, 0.2) is 14.1 Å². The number of carboxylic acids is 1.